The number of ketones is 1. The summed E-state index contributed by atoms with van der Waals surface area (Å²) in [5.41, 5.74) is 2.82. The average molecular weight is 396 g/mol. The number of rotatable bonds is 5. The molecule has 0 bridgehead atoms. The molecule has 1 aliphatic carbocycles. The molecule has 1 aliphatic heterocycles. The number of aromatic nitrogens is 1. The molecule has 5 heteroatoms. The third-order valence-corrected chi connectivity index (χ3v) is 6.55. The largest absolute Gasteiger partial charge is 0.378 e. The van der Waals surface area contributed by atoms with E-state index >= 15 is 0 Å². The Bertz CT molecular complexity index is 876. The maximum Gasteiger partial charge on any atom is 0.163 e. The summed E-state index contributed by atoms with van der Waals surface area (Å²) < 4.78 is 5.88. The molecular weight excluding hydrogens is 362 g/mol. The van der Waals surface area contributed by atoms with Crippen LogP contribution in [-0.4, -0.2) is 49.2 Å². The quantitative estimate of drug-likeness (QED) is 0.767. The highest BCUT2D eigenvalue weighted by Gasteiger charge is 2.33. The molecule has 2 atom stereocenters. The van der Waals surface area contributed by atoms with Gasteiger partial charge in [-0.05, 0) is 51.3 Å². The van der Waals surface area contributed by atoms with Crippen LogP contribution in [0.1, 0.15) is 61.4 Å². The SMILES string of the molecule is CO[C@H]1CN(c2nc3ccc(C)cc3cc2C(C)=O)CC[C@H]1NC1CCCCC1. The van der Waals surface area contributed by atoms with Gasteiger partial charge in [0.15, 0.2) is 5.78 Å². The van der Waals surface area contributed by atoms with E-state index in [-0.39, 0.29) is 11.9 Å². The minimum atomic E-state index is 0.0623. The van der Waals surface area contributed by atoms with Crippen LogP contribution < -0.4 is 10.2 Å². The lowest BCUT2D eigenvalue weighted by molar-refractivity contribution is 0.0533. The minimum Gasteiger partial charge on any atom is -0.378 e. The molecular formula is C24H33N3O2. The van der Waals surface area contributed by atoms with E-state index in [4.69, 9.17) is 9.72 Å². The van der Waals surface area contributed by atoms with E-state index in [0.29, 0.717) is 17.6 Å². The van der Waals surface area contributed by atoms with Crippen LogP contribution in [0, 0.1) is 6.92 Å². The molecule has 2 fully saturated rings. The van der Waals surface area contributed by atoms with E-state index < -0.39 is 0 Å². The Morgan fingerprint density at radius 3 is 2.69 bits per heavy atom. The number of pyridine rings is 1. The van der Waals surface area contributed by atoms with Gasteiger partial charge in [0.1, 0.15) is 5.82 Å². The van der Waals surface area contributed by atoms with Gasteiger partial charge in [-0.2, -0.15) is 0 Å². The normalized spacial score (nSPS) is 23.5. The minimum absolute atomic E-state index is 0.0623. The molecule has 29 heavy (non-hydrogen) atoms. The Hall–Kier alpha value is -1.98. The van der Waals surface area contributed by atoms with Gasteiger partial charge in [0.05, 0.1) is 17.2 Å². The number of carbonyl (C=O) groups excluding carboxylic acids is 1. The van der Waals surface area contributed by atoms with Gasteiger partial charge in [0.25, 0.3) is 0 Å². The van der Waals surface area contributed by atoms with Gasteiger partial charge in [-0.3, -0.25) is 4.79 Å². The van der Waals surface area contributed by atoms with Crippen LogP contribution in [-0.2, 0) is 4.74 Å². The van der Waals surface area contributed by atoms with Crippen molar-refractivity contribution in [3.05, 3.63) is 35.4 Å². The number of hydrogen-bond acceptors (Lipinski definition) is 5. The molecule has 1 saturated carbocycles. The molecule has 4 rings (SSSR count). The fourth-order valence-electron chi connectivity index (χ4n) is 4.90. The monoisotopic (exact) mass is 395 g/mol. The molecule has 1 aromatic carbocycles. The third-order valence-electron chi connectivity index (χ3n) is 6.55. The van der Waals surface area contributed by atoms with Gasteiger partial charge >= 0.3 is 0 Å². The number of Topliss-reactive ketones (excluding diaryl/α,β-unsaturated/α-hetero) is 1. The van der Waals surface area contributed by atoms with Gasteiger partial charge < -0.3 is 15.0 Å². The Kier molecular flexibility index (Phi) is 6.16. The number of methoxy groups -OCH3 is 1. The maximum atomic E-state index is 12.4. The number of fused-ring (bicyclic) bond motifs is 1. The van der Waals surface area contributed by atoms with E-state index in [0.717, 1.165) is 36.2 Å². The number of nitrogens with zero attached hydrogens (tertiary/aromatic N) is 2. The van der Waals surface area contributed by atoms with E-state index in [9.17, 15) is 4.79 Å². The molecule has 1 aromatic heterocycles. The number of anilines is 1. The predicted octanol–water partition coefficient (Wildman–Crippen LogP) is 4.26. The Labute approximate surface area is 173 Å². The van der Waals surface area contributed by atoms with Crippen molar-refractivity contribution in [2.45, 2.75) is 70.6 Å². The zero-order valence-electron chi connectivity index (χ0n) is 17.9. The topological polar surface area (TPSA) is 54.5 Å². The van der Waals surface area contributed by atoms with Crippen LogP contribution in [0.5, 0.6) is 0 Å². The smallest absolute Gasteiger partial charge is 0.163 e. The van der Waals surface area contributed by atoms with Crippen LogP contribution in [0.4, 0.5) is 5.82 Å². The summed E-state index contributed by atoms with van der Waals surface area (Å²) in [6, 6.07) is 9.20. The molecule has 156 valence electrons. The fraction of sp³-hybridized carbons (Fsp3) is 0.583. The highest BCUT2D eigenvalue weighted by atomic mass is 16.5. The highest BCUT2D eigenvalue weighted by molar-refractivity contribution is 6.02. The predicted molar refractivity (Wildman–Crippen MR) is 118 cm³/mol. The number of benzene rings is 1. The summed E-state index contributed by atoms with van der Waals surface area (Å²) in [5.74, 6) is 0.861. The van der Waals surface area contributed by atoms with Crippen LogP contribution >= 0.6 is 0 Å². The number of ether oxygens (including phenoxy) is 1. The van der Waals surface area contributed by atoms with Gasteiger partial charge in [-0.15, -0.1) is 0 Å². The van der Waals surface area contributed by atoms with Crippen molar-refractivity contribution in [2.24, 2.45) is 0 Å². The summed E-state index contributed by atoms with van der Waals surface area (Å²) in [5, 5.41) is 4.89. The number of hydrogen-bond donors (Lipinski definition) is 1. The summed E-state index contributed by atoms with van der Waals surface area (Å²) in [6.07, 6.45) is 7.67. The van der Waals surface area contributed by atoms with Crippen LogP contribution in [0.3, 0.4) is 0 Å². The number of carbonyl (C=O) groups is 1. The van der Waals surface area contributed by atoms with Crippen molar-refractivity contribution in [1.82, 2.24) is 10.3 Å². The van der Waals surface area contributed by atoms with Crippen molar-refractivity contribution in [2.75, 3.05) is 25.1 Å². The van der Waals surface area contributed by atoms with Crippen molar-refractivity contribution >= 4 is 22.5 Å². The first-order chi connectivity index (χ1) is 14.0. The van der Waals surface area contributed by atoms with E-state index in [1.165, 1.54) is 37.7 Å². The van der Waals surface area contributed by atoms with Crippen molar-refractivity contribution in [1.29, 1.82) is 0 Å². The molecule has 1 saturated heterocycles. The first-order valence-electron chi connectivity index (χ1n) is 11.0. The van der Waals surface area contributed by atoms with Gasteiger partial charge in [0.2, 0.25) is 0 Å². The Morgan fingerprint density at radius 2 is 1.97 bits per heavy atom. The Balaban J connectivity index is 1.57. The lowest BCUT2D eigenvalue weighted by Gasteiger charge is -2.41. The molecule has 1 N–H and O–H groups in total. The van der Waals surface area contributed by atoms with Crippen LogP contribution in [0.15, 0.2) is 24.3 Å². The maximum absolute atomic E-state index is 12.4. The van der Waals surface area contributed by atoms with E-state index in [1.54, 1.807) is 14.0 Å². The highest BCUT2D eigenvalue weighted by Crippen LogP contribution is 2.29. The first-order valence-corrected chi connectivity index (χ1v) is 11.0. The summed E-state index contributed by atoms with van der Waals surface area (Å²) in [4.78, 5) is 19.5. The third kappa shape index (κ3) is 4.46. The van der Waals surface area contributed by atoms with Gasteiger partial charge in [-0.1, -0.05) is 30.9 Å². The lowest BCUT2D eigenvalue weighted by Crippen LogP contribution is -2.56. The summed E-state index contributed by atoms with van der Waals surface area (Å²) in [7, 11) is 1.80. The Morgan fingerprint density at radius 1 is 1.17 bits per heavy atom. The zero-order valence-corrected chi connectivity index (χ0v) is 17.9. The number of piperidine rings is 1. The van der Waals surface area contributed by atoms with Gasteiger partial charge in [0, 0.05) is 37.7 Å². The lowest BCUT2D eigenvalue weighted by atomic mass is 9.92. The van der Waals surface area contributed by atoms with Crippen molar-refractivity contribution < 1.29 is 9.53 Å². The van der Waals surface area contributed by atoms with Crippen molar-refractivity contribution in [3.8, 4) is 0 Å². The average Bonchev–Trinajstić information content (AvgIpc) is 2.73. The zero-order chi connectivity index (χ0) is 20.4. The molecule has 0 spiro atoms. The molecule has 2 heterocycles. The van der Waals surface area contributed by atoms with Gasteiger partial charge in [-0.25, -0.2) is 4.98 Å². The summed E-state index contributed by atoms with van der Waals surface area (Å²) >= 11 is 0. The second kappa shape index (κ2) is 8.80. The molecule has 2 aromatic rings. The first kappa shape index (κ1) is 20.3. The molecule has 0 radical (unpaired) electrons. The van der Waals surface area contributed by atoms with Crippen molar-refractivity contribution in [3.63, 3.8) is 0 Å². The number of nitrogens with one attached hydrogen (secondary N) is 1. The molecule has 0 unspecified atom stereocenters. The van der Waals surface area contributed by atoms with E-state index in [1.807, 2.05) is 12.1 Å². The van der Waals surface area contributed by atoms with E-state index in [2.05, 4.69) is 29.3 Å². The molecule has 0 amide bonds. The summed E-state index contributed by atoms with van der Waals surface area (Å²) in [6.45, 7) is 5.34. The van der Waals surface area contributed by atoms with Crippen LogP contribution in [0.25, 0.3) is 10.9 Å². The second-order valence-electron chi connectivity index (χ2n) is 8.73. The van der Waals surface area contributed by atoms with Crippen LogP contribution in [0.2, 0.25) is 0 Å². The molecule has 5 nitrogen and oxygen atoms in total. The fourth-order valence-corrected chi connectivity index (χ4v) is 4.90. The molecule has 2 aliphatic rings. The number of aryl methyl sites for hydroxylation is 1. The standard InChI is InChI=1S/C24H33N3O2/c1-16-9-10-21-18(13-16)14-20(17(2)28)24(26-21)27-12-11-22(23(15-27)29-3)25-19-7-5-4-6-8-19/h9-10,13-14,19,22-23,25H,4-8,11-12,15H2,1-3H3/t22-,23+/m1/s1. The second-order valence-corrected chi connectivity index (χ2v) is 8.73.